The predicted molar refractivity (Wildman–Crippen MR) is 102 cm³/mol. The summed E-state index contributed by atoms with van der Waals surface area (Å²) in [6.07, 6.45) is 4.15. The molecule has 1 saturated carbocycles. The first-order valence-corrected chi connectivity index (χ1v) is 9.34. The van der Waals surface area contributed by atoms with Gasteiger partial charge in [-0.3, -0.25) is 0 Å². The lowest BCUT2D eigenvalue weighted by molar-refractivity contribution is 1.06. The third-order valence-electron chi connectivity index (χ3n) is 3.87. The van der Waals surface area contributed by atoms with Gasteiger partial charge >= 0.3 is 0 Å². The molecule has 0 amide bonds. The van der Waals surface area contributed by atoms with Crippen LogP contribution in [0.25, 0.3) is 21.8 Å². The smallest absolute Gasteiger partial charge is 0.223 e. The second kappa shape index (κ2) is 6.14. The van der Waals surface area contributed by atoms with E-state index >= 15 is 0 Å². The average Bonchev–Trinajstić information content (AvgIpc) is 3.29. The predicted octanol–water partition coefficient (Wildman–Crippen LogP) is 4.49. The minimum Gasteiger partial charge on any atom is -0.375 e. The summed E-state index contributed by atoms with van der Waals surface area (Å²) in [6.45, 7) is 2.06. The van der Waals surface area contributed by atoms with Crippen LogP contribution in [-0.4, -0.2) is 21.0 Å². The van der Waals surface area contributed by atoms with Gasteiger partial charge in [0.1, 0.15) is 0 Å². The van der Waals surface area contributed by atoms with E-state index in [4.69, 9.17) is 5.73 Å². The number of aryl methyl sites for hydroxylation is 1. The van der Waals surface area contributed by atoms with Crippen molar-refractivity contribution in [2.45, 2.75) is 25.8 Å². The lowest BCUT2D eigenvalue weighted by Gasteiger charge is -2.07. The summed E-state index contributed by atoms with van der Waals surface area (Å²) in [4.78, 5) is 14.4. The quantitative estimate of drug-likeness (QED) is 0.672. The van der Waals surface area contributed by atoms with Crippen molar-refractivity contribution in [2.75, 3.05) is 11.1 Å². The number of aromatic nitrogens is 3. The summed E-state index contributed by atoms with van der Waals surface area (Å²) in [6, 6.07) is 8.59. The van der Waals surface area contributed by atoms with Crippen LogP contribution in [0.4, 0.5) is 11.1 Å². The Hall–Kier alpha value is -1.99. The molecule has 0 aliphatic heterocycles. The molecule has 0 spiro atoms. The molecule has 2 heterocycles. The van der Waals surface area contributed by atoms with Crippen LogP contribution >= 0.6 is 27.3 Å². The van der Waals surface area contributed by atoms with Gasteiger partial charge in [-0.25, -0.2) is 15.0 Å². The average molecular weight is 402 g/mol. The van der Waals surface area contributed by atoms with Crippen LogP contribution in [0.3, 0.4) is 0 Å². The highest BCUT2D eigenvalue weighted by molar-refractivity contribution is 9.10. The number of nitrogen functional groups attached to an aromatic ring is 1. The van der Waals surface area contributed by atoms with Crippen LogP contribution in [0.2, 0.25) is 0 Å². The molecule has 1 aliphatic carbocycles. The highest BCUT2D eigenvalue weighted by Crippen LogP contribution is 2.38. The van der Waals surface area contributed by atoms with E-state index in [1.54, 1.807) is 6.20 Å². The largest absolute Gasteiger partial charge is 0.375 e. The summed E-state index contributed by atoms with van der Waals surface area (Å²) < 4.78 is 1.08. The van der Waals surface area contributed by atoms with Gasteiger partial charge in [0.15, 0.2) is 5.13 Å². The molecule has 1 fully saturated rings. The number of hydrogen-bond acceptors (Lipinski definition) is 6. The molecule has 0 saturated heterocycles. The molecule has 0 radical (unpaired) electrons. The molecule has 0 unspecified atom stereocenters. The van der Waals surface area contributed by atoms with Crippen molar-refractivity contribution in [3.63, 3.8) is 0 Å². The van der Waals surface area contributed by atoms with E-state index in [1.807, 2.05) is 18.2 Å². The second-order valence-corrected chi connectivity index (χ2v) is 7.76. The molecule has 1 aliphatic rings. The normalized spacial score (nSPS) is 13.9. The summed E-state index contributed by atoms with van der Waals surface area (Å²) in [5.41, 5.74) is 9.89. The first kappa shape index (κ1) is 15.5. The Bertz CT molecular complexity index is 904. The van der Waals surface area contributed by atoms with E-state index in [1.165, 1.54) is 24.2 Å². The monoisotopic (exact) mass is 401 g/mol. The Morgan fingerprint density at radius 2 is 2.08 bits per heavy atom. The summed E-state index contributed by atoms with van der Waals surface area (Å²) >= 11 is 4.99. The Morgan fingerprint density at radius 3 is 2.83 bits per heavy atom. The van der Waals surface area contributed by atoms with Gasteiger partial charge in [-0.05, 0) is 43.5 Å². The van der Waals surface area contributed by atoms with E-state index in [2.05, 4.69) is 49.2 Å². The Labute approximate surface area is 152 Å². The summed E-state index contributed by atoms with van der Waals surface area (Å²) in [5, 5.41) is 3.87. The van der Waals surface area contributed by atoms with Gasteiger partial charge < -0.3 is 11.1 Å². The molecule has 3 aromatic rings. The molecule has 2 aromatic heterocycles. The number of anilines is 2. The van der Waals surface area contributed by atoms with E-state index in [9.17, 15) is 0 Å². The van der Waals surface area contributed by atoms with E-state index in [0.29, 0.717) is 17.1 Å². The number of rotatable bonds is 4. The maximum Gasteiger partial charge on any atom is 0.223 e. The number of hydrogen-bond donors (Lipinski definition) is 2. The van der Waals surface area contributed by atoms with Gasteiger partial charge in [0.25, 0.3) is 0 Å². The fourth-order valence-electron chi connectivity index (χ4n) is 2.46. The van der Waals surface area contributed by atoms with Crippen LogP contribution in [0.1, 0.15) is 18.4 Å². The second-order valence-electron chi connectivity index (χ2n) is 5.88. The van der Waals surface area contributed by atoms with Crippen LogP contribution < -0.4 is 11.1 Å². The fourth-order valence-corrected chi connectivity index (χ4v) is 3.53. The fraction of sp³-hybridized carbons (Fsp3) is 0.235. The molecule has 3 N–H and O–H groups in total. The van der Waals surface area contributed by atoms with Gasteiger partial charge in [0.2, 0.25) is 5.95 Å². The highest BCUT2D eigenvalue weighted by atomic mass is 79.9. The van der Waals surface area contributed by atoms with Crippen LogP contribution in [0, 0.1) is 6.92 Å². The molecule has 0 bridgehead atoms. The standard InChI is InChI=1S/C17H16BrN5S/c1-9-8-10(2-5-12(9)18)14-15(24-16(19)23-14)13-6-7-20-17(22-13)21-11-3-4-11/h2,5-8,11H,3-4H2,1H3,(H2,19,23)(H,20,21,22). The third-order valence-corrected chi connectivity index (χ3v) is 5.67. The highest BCUT2D eigenvalue weighted by Gasteiger charge is 2.22. The zero-order valence-electron chi connectivity index (χ0n) is 13.1. The van der Waals surface area contributed by atoms with Gasteiger partial charge in [-0.1, -0.05) is 33.3 Å². The first-order chi connectivity index (χ1) is 11.6. The van der Waals surface area contributed by atoms with E-state index in [0.717, 1.165) is 31.9 Å². The maximum absolute atomic E-state index is 5.99. The summed E-state index contributed by atoms with van der Waals surface area (Å²) in [7, 11) is 0. The van der Waals surface area contributed by atoms with Gasteiger partial charge in [0, 0.05) is 22.3 Å². The molecule has 122 valence electrons. The zero-order chi connectivity index (χ0) is 16.7. The van der Waals surface area contributed by atoms with Crippen molar-refractivity contribution < 1.29 is 0 Å². The molecule has 1 aromatic carbocycles. The van der Waals surface area contributed by atoms with Crippen molar-refractivity contribution in [1.29, 1.82) is 0 Å². The SMILES string of the molecule is Cc1cc(-c2nc(N)sc2-c2ccnc(NC3CC3)n2)ccc1Br. The van der Waals surface area contributed by atoms with Crippen molar-refractivity contribution in [2.24, 2.45) is 0 Å². The lowest BCUT2D eigenvalue weighted by atomic mass is 10.1. The minimum atomic E-state index is 0.514. The van der Waals surface area contributed by atoms with Gasteiger partial charge in [0.05, 0.1) is 16.3 Å². The van der Waals surface area contributed by atoms with Gasteiger partial charge in [-0.15, -0.1) is 0 Å². The number of nitrogens with zero attached hydrogens (tertiary/aromatic N) is 3. The Balaban J connectivity index is 1.77. The molecular formula is C17H16BrN5S. The van der Waals surface area contributed by atoms with Crippen molar-refractivity contribution in [3.05, 3.63) is 40.5 Å². The first-order valence-electron chi connectivity index (χ1n) is 7.73. The zero-order valence-corrected chi connectivity index (χ0v) is 15.5. The Morgan fingerprint density at radius 1 is 1.25 bits per heavy atom. The topological polar surface area (TPSA) is 76.7 Å². The molecule has 0 atom stereocenters. The number of benzene rings is 1. The van der Waals surface area contributed by atoms with Crippen molar-refractivity contribution in [3.8, 4) is 21.8 Å². The molecule has 4 rings (SSSR count). The molecular weight excluding hydrogens is 386 g/mol. The molecule has 24 heavy (non-hydrogen) atoms. The number of halogens is 1. The molecule has 5 nitrogen and oxygen atoms in total. The third kappa shape index (κ3) is 3.14. The number of nitrogens with two attached hydrogens (primary N) is 1. The lowest BCUT2D eigenvalue weighted by Crippen LogP contribution is -2.05. The number of nitrogens with one attached hydrogen (secondary N) is 1. The Kier molecular flexibility index (Phi) is 3.97. The van der Waals surface area contributed by atoms with E-state index in [-0.39, 0.29) is 0 Å². The van der Waals surface area contributed by atoms with Crippen LogP contribution in [0.15, 0.2) is 34.9 Å². The summed E-state index contributed by atoms with van der Waals surface area (Å²) in [5.74, 6) is 0.667. The maximum atomic E-state index is 5.99. The van der Waals surface area contributed by atoms with Crippen molar-refractivity contribution in [1.82, 2.24) is 15.0 Å². The number of thiazole rings is 1. The molecule has 7 heteroatoms. The minimum absolute atomic E-state index is 0.514. The van der Waals surface area contributed by atoms with Crippen LogP contribution in [0.5, 0.6) is 0 Å². The van der Waals surface area contributed by atoms with Crippen LogP contribution in [-0.2, 0) is 0 Å². The van der Waals surface area contributed by atoms with E-state index < -0.39 is 0 Å². The van der Waals surface area contributed by atoms with Crippen molar-refractivity contribution >= 4 is 38.3 Å². The van der Waals surface area contributed by atoms with Gasteiger partial charge in [-0.2, -0.15) is 0 Å².